The van der Waals surface area contributed by atoms with Crippen LogP contribution in [0.2, 0.25) is 10.0 Å². The summed E-state index contributed by atoms with van der Waals surface area (Å²) >= 11 is 12.0. The molecular formula is C20H25Cl2NO4. The van der Waals surface area contributed by atoms with Gasteiger partial charge in [0.25, 0.3) is 0 Å². The maximum Gasteiger partial charge on any atom is 0.138 e. The van der Waals surface area contributed by atoms with Gasteiger partial charge in [-0.25, -0.2) is 0 Å². The number of halogens is 2. The normalized spacial score (nSPS) is 18.2. The van der Waals surface area contributed by atoms with E-state index in [1.54, 1.807) is 18.2 Å². The summed E-state index contributed by atoms with van der Waals surface area (Å²) in [5.41, 5.74) is 0. The molecule has 2 aromatic rings. The molecule has 1 N–H and O–H groups in total. The van der Waals surface area contributed by atoms with Gasteiger partial charge in [-0.3, -0.25) is 4.90 Å². The smallest absolute Gasteiger partial charge is 0.138 e. The topological polar surface area (TPSA) is 55.1 Å². The summed E-state index contributed by atoms with van der Waals surface area (Å²) in [6.45, 7) is 4.68. The number of hydrogen-bond acceptors (Lipinski definition) is 5. The number of nitrogens with zero attached hydrogens (tertiary/aromatic N) is 1. The average Bonchev–Trinajstić information content (AvgIpc) is 3.26. The molecule has 148 valence electrons. The second-order valence-electron chi connectivity index (χ2n) is 6.88. The summed E-state index contributed by atoms with van der Waals surface area (Å²) in [7, 11) is 0. The Labute approximate surface area is 169 Å². The Morgan fingerprint density at radius 3 is 2.81 bits per heavy atom. The van der Waals surface area contributed by atoms with Crippen molar-refractivity contribution in [2.24, 2.45) is 0 Å². The Hall–Kier alpha value is -1.24. The van der Waals surface area contributed by atoms with E-state index in [1.165, 1.54) is 0 Å². The lowest BCUT2D eigenvalue weighted by molar-refractivity contribution is 0.0290. The third-order valence-corrected chi connectivity index (χ3v) is 4.99. The third kappa shape index (κ3) is 6.40. The zero-order valence-corrected chi connectivity index (χ0v) is 16.9. The first-order valence-electron chi connectivity index (χ1n) is 9.15. The SMILES string of the molecule is Cc1ccc(CN(CC(O)COc2ccc(Cl)cc2Cl)CC2CCCO2)o1. The molecule has 2 unspecified atom stereocenters. The Morgan fingerprint density at radius 2 is 2.15 bits per heavy atom. The van der Waals surface area contributed by atoms with Crippen LogP contribution in [0.1, 0.15) is 24.4 Å². The van der Waals surface area contributed by atoms with Gasteiger partial charge < -0.3 is 19.0 Å². The van der Waals surface area contributed by atoms with Gasteiger partial charge in [-0.2, -0.15) is 0 Å². The van der Waals surface area contributed by atoms with E-state index in [4.69, 9.17) is 37.1 Å². The standard InChI is InChI=1S/C20H25Cl2NO4/c1-14-4-6-18(27-14)12-23(11-17-3-2-8-25-17)10-16(24)13-26-20-7-5-15(21)9-19(20)22/h4-7,9,16-17,24H,2-3,8,10-13H2,1H3. The Kier molecular flexibility index (Phi) is 7.44. The maximum absolute atomic E-state index is 10.5. The number of aliphatic hydroxyl groups is 1. The second kappa shape index (κ2) is 9.80. The molecule has 7 heteroatoms. The molecule has 27 heavy (non-hydrogen) atoms. The van der Waals surface area contributed by atoms with Crippen LogP contribution >= 0.6 is 23.2 Å². The molecule has 5 nitrogen and oxygen atoms in total. The minimum Gasteiger partial charge on any atom is -0.489 e. The molecule has 0 aliphatic carbocycles. The van der Waals surface area contributed by atoms with Gasteiger partial charge in [-0.15, -0.1) is 0 Å². The highest BCUT2D eigenvalue weighted by atomic mass is 35.5. The van der Waals surface area contributed by atoms with Crippen molar-refractivity contribution in [1.82, 2.24) is 4.90 Å². The van der Waals surface area contributed by atoms with Gasteiger partial charge >= 0.3 is 0 Å². The molecule has 0 radical (unpaired) electrons. The van der Waals surface area contributed by atoms with Crippen molar-refractivity contribution < 1.29 is 19.0 Å². The first kappa shape index (κ1) is 20.5. The molecule has 1 aliphatic rings. The van der Waals surface area contributed by atoms with Crippen molar-refractivity contribution in [2.75, 3.05) is 26.3 Å². The number of benzene rings is 1. The molecule has 0 spiro atoms. The van der Waals surface area contributed by atoms with Gasteiger partial charge in [0, 0.05) is 24.7 Å². The number of aryl methyl sites for hydroxylation is 1. The lowest BCUT2D eigenvalue weighted by Crippen LogP contribution is -2.39. The summed E-state index contributed by atoms with van der Waals surface area (Å²) in [4.78, 5) is 2.14. The van der Waals surface area contributed by atoms with Gasteiger partial charge in [-0.05, 0) is 50.1 Å². The minimum atomic E-state index is -0.672. The zero-order chi connectivity index (χ0) is 19.2. The van der Waals surface area contributed by atoms with Crippen LogP contribution in [-0.2, 0) is 11.3 Å². The van der Waals surface area contributed by atoms with E-state index >= 15 is 0 Å². The number of aliphatic hydroxyl groups excluding tert-OH is 1. The fourth-order valence-corrected chi connectivity index (χ4v) is 3.66. The largest absolute Gasteiger partial charge is 0.489 e. The van der Waals surface area contributed by atoms with E-state index in [2.05, 4.69) is 4.90 Å². The zero-order valence-electron chi connectivity index (χ0n) is 15.4. The highest BCUT2D eigenvalue weighted by Gasteiger charge is 2.22. The van der Waals surface area contributed by atoms with Gasteiger partial charge in [-0.1, -0.05) is 23.2 Å². The van der Waals surface area contributed by atoms with Crippen molar-refractivity contribution in [3.63, 3.8) is 0 Å². The Bertz CT molecular complexity index is 731. The molecule has 1 saturated heterocycles. The van der Waals surface area contributed by atoms with Crippen LogP contribution in [0.3, 0.4) is 0 Å². The molecule has 2 heterocycles. The van der Waals surface area contributed by atoms with Crippen molar-refractivity contribution >= 4 is 23.2 Å². The van der Waals surface area contributed by atoms with E-state index < -0.39 is 6.10 Å². The first-order chi connectivity index (χ1) is 13.0. The molecule has 1 fully saturated rings. The number of ether oxygens (including phenoxy) is 2. The van der Waals surface area contributed by atoms with Crippen LogP contribution in [0.15, 0.2) is 34.7 Å². The number of rotatable bonds is 9. The summed E-state index contributed by atoms with van der Waals surface area (Å²) in [6.07, 6.45) is 1.65. The third-order valence-electron chi connectivity index (χ3n) is 4.46. The molecule has 1 aromatic carbocycles. The maximum atomic E-state index is 10.5. The van der Waals surface area contributed by atoms with Crippen LogP contribution in [0.5, 0.6) is 5.75 Å². The summed E-state index contributed by atoms with van der Waals surface area (Å²) < 4.78 is 17.1. The van der Waals surface area contributed by atoms with Crippen LogP contribution in [-0.4, -0.2) is 48.5 Å². The first-order valence-corrected chi connectivity index (χ1v) is 9.90. The Morgan fingerprint density at radius 1 is 1.30 bits per heavy atom. The number of furan rings is 1. The predicted octanol–water partition coefficient (Wildman–Crippen LogP) is 4.32. The monoisotopic (exact) mass is 413 g/mol. The van der Waals surface area contributed by atoms with Crippen molar-refractivity contribution in [1.29, 1.82) is 0 Å². The molecule has 0 bridgehead atoms. The van der Waals surface area contributed by atoms with Gasteiger partial charge in [0.15, 0.2) is 0 Å². The molecule has 0 amide bonds. The van der Waals surface area contributed by atoms with Gasteiger partial charge in [0.1, 0.15) is 30.0 Å². The van der Waals surface area contributed by atoms with Gasteiger partial charge in [0.05, 0.1) is 17.7 Å². The quantitative estimate of drug-likeness (QED) is 0.663. The van der Waals surface area contributed by atoms with E-state index in [0.717, 1.165) is 37.5 Å². The molecular weight excluding hydrogens is 389 g/mol. The van der Waals surface area contributed by atoms with Crippen LogP contribution < -0.4 is 4.74 Å². The van der Waals surface area contributed by atoms with Crippen LogP contribution in [0.4, 0.5) is 0 Å². The van der Waals surface area contributed by atoms with Crippen molar-refractivity contribution in [3.8, 4) is 5.75 Å². The van der Waals surface area contributed by atoms with Gasteiger partial charge in [0.2, 0.25) is 0 Å². The lowest BCUT2D eigenvalue weighted by Gasteiger charge is -2.26. The average molecular weight is 414 g/mol. The molecule has 3 rings (SSSR count). The van der Waals surface area contributed by atoms with Crippen LogP contribution in [0, 0.1) is 6.92 Å². The van der Waals surface area contributed by atoms with Crippen LogP contribution in [0.25, 0.3) is 0 Å². The highest BCUT2D eigenvalue weighted by molar-refractivity contribution is 6.35. The summed E-state index contributed by atoms with van der Waals surface area (Å²) in [5.74, 6) is 2.26. The molecule has 1 aromatic heterocycles. The van der Waals surface area contributed by atoms with E-state index in [1.807, 2.05) is 19.1 Å². The lowest BCUT2D eigenvalue weighted by atomic mass is 10.2. The van der Waals surface area contributed by atoms with E-state index in [0.29, 0.717) is 28.9 Å². The van der Waals surface area contributed by atoms with Crippen molar-refractivity contribution in [3.05, 3.63) is 51.9 Å². The summed E-state index contributed by atoms with van der Waals surface area (Å²) in [5, 5.41) is 11.4. The molecule has 1 aliphatic heterocycles. The minimum absolute atomic E-state index is 0.139. The molecule has 0 saturated carbocycles. The predicted molar refractivity (Wildman–Crippen MR) is 106 cm³/mol. The van der Waals surface area contributed by atoms with E-state index in [9.17, 15) is 5.11 Å². The number of hydrogen-bond donors (Lipinski definition) is 1. The second-order valence-corrected chi connectivity index (χ2v) is 7.72. The highest BCUT2D eigenvalue weighted by Crippen LogP contribution is 2.27. The fraction of sp³-hybridized carbons (Fsp3) is 0.500. The van der Waals surface area contributed by atoms with E-state index in [-0.39, 0.29) is 12.7 Å². The Balaban J connectivity index is 1.56. The van der Waals surface area contributed by atoms with Crippen molar-refractivity contribution in [2.45, 2.75) is 38.5 Å². The molecule has 2 atom stereocenters. The summed E-state index contributed by atoms with van der Waals surface area (Å²) in [6, 6.07) is 8.94. The fourth-order valence-electron chi connectivity index (χ4n) is 3.20.